The molecule has 0 radical (unpaired) electrons. The highest BCUT2D eigenvalue weighted by atomic mass is 19.1. The quantitative estimate of drug-likeness (QED) is 0.259. The number of fused-ring (bicyclic) bond motifs is 1. The molecule has 0 aromatic heterocycles. The lowest BCUT2D eigenvalue weighted by atomic mass is 10.0. The van der Waals surface area contributed by atoms with Crippen LogP contribution in [0.5, 0.6) is 23.0 Å². The van der Waals surface area contributed by atoms with Gasteiger partial charge in [0.1, 0.15) is 18.0 Å². The smallest absolute Gasteiger partial charge is 0.335 e. The molecule has 5 rings (SSSR count). The highest BCUT2D eigenvalue weighted by Crippen LogP contribution is 2.37. The summed E-state index contributed by atoms with van der Waals surface area (Å²) in [6, 6.07) is 12.7. The number of anilines is 1. The number of rotatable bonds is 8. The van der Waals surface area contributed by atoms with Gasteiger partial charge in [-0.15, -0.1) is 6.58 Å². The Morgan fingerprint density at radius 1 is 1.05 bits per heavy atom. The van der Waals surface area contributed by atoms with E-state index in [1.807, 2.05) is 18.2 Å². The average Bonchev–Trinajstić information content (AvgIpc) is 3.39. The first-order valence-corrected chi connectivity index (χ1v) is 11.9. The largest absolute Gasteiger partial charge is 0.493 e. The first kappa shape index (κ1) is 25.5. The van der Waals surface area contributed by atoms with Gasteiger partial charge in [-0.1, -0.05) is 12.1 Å². The van der Waals surface area contributed by atoms with Crippen LogP contribution in [0.2, 0.25) is 0 Å². The molecule has 1 saturated heterocycles. The zero-order chi connectivity index (χ0) is 27.5. The summed E-state index contributed by atoms with van der Waals surface area (Å²) in [5, 5.41) is 2.15. The van der Waals surface area contributed by atoms with E-state index in [1.165, 1.54) is 25.3 Å². The molecule has 3 aromatic rings. The molecule has 9 nitrogen and oxygen atoms in total. The summed E-state index contributed by atoms with van der Waals surface area (Å²) in [4.78, 5) is 39.0. The third-order valence-corrected chi connectivity index (χ3v) is 6.06. The number of carbonyl (C=O) groups is 3. The van der Waals surface area contributed by atoms with Gasteiger partial charge in [0.2, 0.25) is 6.79 Å². The number of allylic oxidation sites excluding steroid dienone is 1. The molecule has 39 heavy (non-hydrogen) atoms. The number of hydrogen-bond donors (Lipinski definition) is 1. The fourth-order valence-corrected chi connectivity index (χ4v) is 4.22. The molecule has 0 bridgehead atoms. The predicted molar refractivity (Wildman–Crippen MR) is 139 cm³/mol. The molecule has 0 atom stereocenters. The number of nitrogens with zero attached hydrogens (tertiary/aromatic N) is 1. The molecule has 0 unspecified atom stereocenters. The molecule has 4 amide bonds. The van der Waals surface area contributed by atoms with Gasteiger partial charge in [-0.3, -0.25) is 14.9 Å². The Morgan fingerprint density at radius 2 is 1.82 bits per heavy atom. The summed E-state index contributed by atoms with van der Waals surface area (Å²) >= 11 is 0. The summed E-state index contributed by atoms with van der Waals surface area (Å²) in [5.74, 6) is -0.0737. The van der Waals surface area contributed by atoms with Crippen LogP contribution in [0.25, 0.3) is 6.08 Å². The number of halogens is 1. The van der Waals surface area contributed by atoms with Gasteiger partial charge in [-0.05, 0) is 72.2 Å². The van der Waals surface area contributed by atoms with Gasteiger partial charge >= 0.3 is 6.03 Å². The highest BCUT2D eigenvalue weighted by Gasteiger charge is 2.37. The van der Waals surface area contributed by atoms with Crippen molar-refractivity contribution in [1.82, 2.24) is 5.32 Å². The number of nitrogens with one attached hydrogen (secondary N) is 1. The van der Waals surface area contributed by atoms with Gasteiger partial charge in [0.25, 0.3) is 11.8 Å². The lowest BCUT2D eigenvalue weighted by Gasteiger charge is -2.26. The van der Waals surface area contributed by atoms with Gasteiger partial charge in [-0.25, -0.2) is 14.1 Å². The molecule has 0 spiro atoms. The van der Waals surface area contributed by atoms with Crippen molar-refractivity contribution < 1.29 is 37.7 Å². The van der Waals surface area contributed by atoms with E-state index < -0.39 is 23.7 Å². The number of amides is 4. The van der Waals surface area contributed by atoms with Crippen molar-refractivity contribution in [3.63, 3.8) is 0 Å². The molecule has 2 heterocycles. The van der Waals surface area contributed by atoms with E-state index >= 15 is 0 Å². The molecular formula is C29H23FN2O7. The topological polar surface area (TPSA) is 103 Å². The normalized spacial score (nSPS) is 15.4. The van der Waals surface area contributed by atoms with Crippen molar-refractivity contribution in [1.29, 1.82) is 0 Å². The number of urea groups is 1. The molecule has 1 fully saturated rings. The van der Waals surface area contributed by atoms with Gasteiger partial charge in [0.15, 0.2) is 23.0 Å². The van der Waals surface area contributed by atoms with Crippen molar-refractivity contribution >= 4 is 29.6 Å². The SMILES string of the molecule is C=CCc1cc(/C=C2\C(=O)NC(=O)N(c3ccc(F)cc3)C2=O)cc(OC)c1OCc1ccc2c(c1)OCO2. The summed E-state index contributed by atoms with van der Waals surface area (Å²) < 4.78 is 35.9. The number of barbiturate groups is 1. The van der Waals surface area contributed by atoms with Crippen LogP contribution < -0.4 is 29.2 Å². The van der Waals surface area contributed by atoms with Gasteiger partial charge in [-0.2, -0.15) is 0 Å². The zero-order valence-electron chi connectivity index (χ0n) is 20.9. The number of carbonyl (C=O) groups excluding carboxylic acids is 3. The number of methoxy groups -OCH3 is 1. The lowest BCUT2D eigenvalue weighted by molar-refractivity contribution is -0.122. The summed E-state index contributed by atoms with van der Waals surface area (Å²) in [5.41, 5.74) is 1.86. The summed E-state index contributed by atoms with van der Waals surface area (Å²) in [6.07, 6.45) is 3.45. The van der Waals surface area contributed by atoms with E-state index in [-0.39, 0.29) is 24.7 Å². The van der Waals surface area contributed by atoms with Crippen LogP contribution in [0.4, 0.5) is 14.9 Å². The van der Waals surface area contributed by atoms with Crippen molar-refractivity contribution in [2.75, 3.05) is 18.8 Å². The molecule has 2 aliphatic rings. The van der Waals surface area contributed by atoms with Gasteiger partial charge in [0, 0.05) is 5.56 Å². The van der Waals surface area contributed by atoms with E-state index in [9.17, 15) is 18.8 Å². The monoisotopic (exact) mass is 530 g/mol. The average molecular weight is 531 g/mol. The second kappa shape index (κ2) is 10.7. The molecule has 0 saturated carbocycles. The Hall–Kier alpha value is -5.12. The number of ether oxygens (including phenoxy) is 4. The number of benzene rings is 3. The third kappa shape index (κ3) is 5.17. The molecule has 0 aliphatic carbocycles. The van der Waals surface area contributed by atoms with Gasteiger partial charge < -0.3 is 18.9 Å². The van der Waals surface area contributed by atoms with E-state index in [0.29, 0.717) is 40.5 Å². The molecule has 10 heteroatoms. The van der Waals surface area contributed by atoms with Crippen LogP contribution in [0.3, 0.4) is 0 Å². The zero-order valence-corrected chi connectivity index (χ0v) is 20.9. The minimum atomic E-state index is -0.925. The molecule has 1 N–H and O–H groups in total. The second-order valence-corrected chi connectivity index (χ2v) is 8.61. The van der Waals surface area contributed by atoms with Gasteiger partial charge in [0.05, 0.1) is 12.8 Å². The minimum Gasteiger partial charge on any atom is -0.493 e. The molecule has 2 aliphatic heterocycles. The number of hydrogen-bond acceptors (Lipinski definition) is 7. The fraction of sp³-hybridized carbons (Fsp3) is 0.138. The van der Waals surface area contributed by atoms with Crippen LogP contribution in [0.15, 0.2) is 72.8 Å². The second-order valence-electron chi connectivity index (χ2n) is 8.61. The predicted octanol–water partition coefficient (Wildman–Crippen LogP) is 4.54. The Bertz CT molecular complexity index is 1510. The van der Waals surface area contributed by atoms with E-state index in [4.69, 9.17) is 18.9 Å². The van der Waals surface area contributed by atoms with E-state index in [0.717, 1.165) is 22.6 Å². The van der Waals surface area contributed by atoms with Crippen molar-refractivity contribution in [2.45, 2.75) is 13.0 Å². The van der Waals surface area contributed by atoms with Crippen LogP contribution in [0, 0.1) is 5.82 Å². The van der Waals surface area contributed by atoms with Crippen LogP contribution in [-0.4, -0.2) is 31.7 Å². The van der Waals surface area contributed by atoms with E-state index in [2.05, 4.69) is 11.9 Å². The Labute approximate surface area is 223 Å². The maximum atomic E-state index is 13.4. The third-order valence-electron chi connectivity index (χ3n) is 6.06. The van der Waals surface area contributed by atoms with Crippen molar-refractivity contribution in [3.8, 4) is 23.0 Å². The van der Waals surface area contributed by atoms with E-state index in [1.54, 1.807) is 18.2 Å². The van der Waals surface area contributed by atoms with Crippen LogP contribution in [0.1, 0.15) is 16.7 Å². The summed E-state index contributed by atoms with van der Waals surface area (Å²) in [6.45, 7) is 4.19. The first-order valence-electron chi connectivity index (χ1n) is 11.9. The standard InChI is InChI=1S/C29H23FN2O7/c1-3-4-19-11-18(12-22-27(33)31-29(35)32(28(22)34)21-8-6-20(30)7-9-21)14-25(36-2)26(19)37-15-17-5-10-23-24(13-17)39-16-38-23/h3,5-14H,1,4,15-16H2,2H3,(H,31,33,35)/b22-12+. The Kier molecular flexibility index (Phi) is 7.00. The number of imide groups is 2. The molecule has 198 valence electrons. The molecular weight excluding hydrogens is 507 g/mol. The van der Waals surface area contributed by atoms with Crippen molar-refractivity contribution in [3.05, 3.63) is 95.3 Å². The Morgan fingerprint density at radius 3 is 2.56 bits per heavy atom. The maximum Gasteiger partial charge on any atom is 0.335 e. The minimum absolute atomic E-state index is 0.120. The fourth-order valence-electron chi connectivity index (χ4n) is 4.22. The van der Waals surface area contributed by atoms with Crippen molar-refractivity contribution in [2.24, 2.45) is 0 Å². The lowest BCUT2D eigenvalue weighted by Crippen LogP contribution is -2.54. The maximum absolute atomic E-state index is 13.4. The summed E-state index contributed by atoms with van der Waals surface area (Å²) in [7, 11) is 1.48. The van der Waals surface area contributed by atoms with Crippen LogP contribution in [-0.2, 0) is 22.6 Å². The Balaban J connectivity index is 1.46. The van der Waals surface area contributed by atoms with Crippen LogP contribution >= 0.6 is 0 Å². The molecule has 3 aromatic carbocycles. The first-order chi connectivity index (χ1) is 18.9. The highest BCUT2D eigenvalue weighted by molar-refractivity contribution is 6.39.